The summed E-state index contributed by atoms with van der Waals surface area (Å²) in [5.74, 6) is 0.652. The van der Waals surface area contributed by atoms with Crippen LogP contribution in [0.1, 0.15) is 0 Å². The van der Waals surface area contributed by atoms with Crippen LogP contribution >= 0.6 is 0 Å². The van der Waals surface area contributed by atoms with Crippen molar-refractivity contribution in [2.24, 2.45) is 0 Å². The summed E-state index contributed by atoms with van der Waals surface area (Å²) in [5, 5.41) is 0.972. The van der Waals surface area contributed by atoms with Gasteiger partial charge >= 0.3 is 0 Å². The molecule has 10 aromatic rings. The molecule has 0 aliphatic heterocycles. The predicted octanol–water partition coefficient (Wildman–Crippen LogP) is 12.3. The molecule has 0 radical (unpaired) electrons. The molecular formula is C48H30N4O. The second-order valence-corrected chi connectivity index (χ2v) is 13.1. The molecule has 248 valence electrons. The maximum absolute atomic E-state index is 6.33. The molecule has 53 heavy (non-hydrogen) atoms. The van der Waals surface area contributed by atoms with Gasteiger partial charge in [-0.3, -0.25) is 0 Å². The Kier molecular flexibility index (Phi) is 7.40. The Hall–Kier alpha value is -7.24. The monoisotopic (exact) mass is 678 g/mol. The summed E-state index contributed by atoms with van der Waals surface area (Å²) >= 11 is 0. The summed E-state index contributed by atoms with van der Waals surface area (Å²) in [6, 6.07) is 62.2. The third kappa shape index (κ3) is 5.61. The van der Waals surface area contributed by atoms with Gasteiger partial charge in [0.05, 0.1) is 22.4 Å². The van der Waals surface area contributed by atoms with Crippen molar-refractivity contribution in [1.82, 2.24) is 19.9 Å². The zero-order valence-electron chi connectivity index (χ0n) is 28.5. The van der Waals surface area contributed by atoms with Crippen molar-refractivity contribution in [2.75, 3.05) is 0 Å². The van der Waals surface area contributed by atoms with Crippen molar-refractivity contribution in [3.63, 3.8) is 0 Å². The fourth-order valence-corrected chi connectivity index (χ4v) is 7.07. The summed E-state index contributed by atoms with van der Waals surface area (Å²) in [7, 11) is 0. The van der Waals surface area contributed by atoms with Gasteiger partial charge in [0.1, 0.15) is 16.8 Å². The smallest absolute Gasteiger partial charge is 0.180 e. The zero-order chi connectivity index (χ0) is 35.1. The molecule has 0 fully saturated rings. The van der Waals surface area contributed by atoms with E-state index < -0.39 is 0 Å². The number of aromatic nitrogens is 4. The quantitative estimate of drug-likeness (QED) is 0.175. The molecule has 3 aromatic heterocycles. The Morgan fingerprint density at radius 3 is 1.42 bits per heavy atom. The fraction of sp³-hybridized carbons (Fsp3) is 0. The molecule has 0 N–H and O–H groups in total. The van der Waals surface area contributed by atoms with E-state index in [0.717, 1.165) is 89.1 Å². The zero-order valence-corrected chi connectivity index (χ0v) is 28.5. The molecule has 0 bridgehead atoms. The Labute approximate surface area is 305 Å². The first-order chi connectivity index (χ1) is 26.2. The number of rotatable bonds is 6. The van der Waals surface area contributed by atoms with E-state index in [9.17, 15) is 0 Å². The summed E-state index contributed by atoms with van der Waals surface area (Å²) in [6.07, 6.45) is 0. The number of hydrogen-bond donors (Lipinski definition) is 0. The molecule has 5 nitrogen and oxygen atoms in total. The summed E-state index contributed by atoms with van der Waals surface area (Å²) in [4.78, 5) is 20.4. The van der Waals surface area contributed by atoms with Crippen molar-refractivity contribution < 1.29 is 4.42 Å². The summed E-state index contributed by atoms with van der Waals surface area (Å²) in [5.41, 5.74) is 14.9. The molecule has 0 unspecified atom stereocenters. The normalized spacial score (nSPS) is 11.4. The molecule has 5 heteroatoms. The molecule has 0 atom stereocenters. The first kappa shape index (κ1) is 30.6. The predicted molar refractivity (Wildman–Crippen MR) is 215 cm³/mol. The fourth-order valence-electron chi connectivity index (χ4n) is 7.07. The second-order valence-electron chi connectivity index (χ2n) is 13.1. The molecule has 0 aliphatic carbocycles. The van der Waals surface area contributed by atoms with Crippen molar-refractivity contribution in [3.05, 3.63) is 182 Å². The van der Waals surface area contributed by atoms with Crippen LogP contribution in [0.25, 0.3) is 101 Å². The van der Waals surface area contributed by atoms with Crippen molar-refractivity contribution in [3.8, 4) is 67.4 Å². The van der Waals surface area contributed by atoms with Crippen LogP contribution in [-0.4, -0.2) is 19.9 Å². The van der Waals surface area contributed by atoms with Crippen LogP contribution in [0.15, 0.2) is 186 Å². The van der Waals surface area contributed by atoms with Crippen molar-refractivity contribution in [2.45, 2.75) is 0 Å². The van der Waals surface area contributed by atoms with Crippen LogP contribution in [0.3, 0.4) is 0 Å². The van der Waals surface area contributed by atoms with E-state index in [2.05, 4.69) is 103 Å². The molecule has 0 saturated heterocycles. The average molecular weight is 679 g/mol. The van der Waals surface area contributed by atoms with Crippen LogP contribution in [0.4, 0.5) is 0 Å². The largest absolute Gasteiger partial charge is 0.452 e. The van der Waals surface area contributed by atoms with E-state index in [-0.39, 0.29) is 0 Å². The Morgan fingerprint density at radius 1 is 0.321 bits per heavy atom. The molecule has 3 heterocycles. The van der Waals surface area contributed by atoms with Crippen molar-refractivity contribution in [1.29, 1.82) is 0 Å². The number of furan rings is 1. The minimum Gasteiger partial charge on any atom is -0.452 e. The molecule has 0 saturated carbocycles. The Morgan fingerprint density at radius 2 is 0.774 bits per heavy atom. The maximum atomic E-state index is 6.33. The maximum Gasteiger partial charge on any atom is 0.180 e. The highest BCUT2D eigenvalue weighted by molar-refractivity contribution is 6.07. The standard InChI is InChI=1S/C48H30N4O/c1-3-14-31(15-4-1)43-44(50-41-26-9-8-25-40(41)49-43)37-22-12-20-35(29-37)33-18-11-19-34(28-33)36-21-13-23-38(30-36)48-51-45(32-16-5-2-6-17-32)47-46(52-48)39-24-7-10-27-42(39)53-47/h1-30H. The van der Waals surface area contributed by atoms with E-state index in [1.807, 2.05) is 78.9 Å². The summed E-state index contributed by atoms with van der Waals surface area (Å²) < 4.78 is 6.33. The highest BCUT2D eigenvalue weighted by Gasteiger charge is 2.19. The molecule has 10 rings (SSSR count). The Balaban J connectivity index is 1.05. The van der Waals surface area contributed by atoms with Crippen LogP contribution in [0.5, 0.6) is 0 Å². The van der Waals surface area contributed by atoms with E-state index in [1.165, 1.54) is 0 Å². The Bertz CT molecular complexity index is 2950. The summed E-state index contributed by atoms with van der Waals surface area (Å²) in [6.45, 7) is 0. The van der Waals surface area contributed by atoms with Gasteiger partial charge in [0.2, 0.25) is 0 Å². The molecule has 0 spiro atoms. The van der Waals surface area contributed by atoms with Gasteiger partial charge in [0.15, 0.2) is 11.4 Å². The lowest BCUT2D eigenvalue weighted by molar-refractivity contribution is 0.667. The molecule has 7 aromatic carbocycles. The minimum absolute atomic E-state index is 0.652. The third-order valence-corrected chi connectivity index (χ3v) is 9.67. The SMILES string of the molecule is c1ccc(-c2nc3ccccc3nc2-c2cccc(-c3cccc(-c4cccc(-c5nc(-c6ccccc6)c6oc7ccccc7c6n5)c4)c3)c2)cc1. The number of hydrogen-bond acceptors (Lipinski definition) is 5. The van der Waals surface area contributed by atoms with E-state index in [0.29, 0.717) is 11.4 Å². The van der Waals surface area contributed by atoms with Gasteiger partial charge in [-0.1, -0.05) is 140 Å². The second kappa shape index (κ2) is 12.8. The van der Waals surface area contributed by atoms with E-state index in [1.54, 1.807) is 0 Å². The van der Waals surface area contributed by atoms with Gasteiger partial charge in [-0.15, -0.1) is 0 Å². The third-order valence-electron chi connectivity index (χ3n) is 9.67. The van der Waals surface area contributed by atoms with Gasteiger partial charge in [-0.2, -0.15) is 0 Å². The highest BCUT2D eigenvalue weighted by atomic mass is 16.3. The van der Waals surface area contributed by atoms with Crippen LogP contribution < -0.4 is 0 Å². The first-order valence-electron chi connectivity index (χ1n) is 17.6. The highest BCUT2D eigenvalue weighted by Crippen LogP contribution is 2.37. The number of benzene rings is 7. The van der Waals surface area contributed by atoms with Crippen LogP contribution in [0.2, 0.25) is 0 Å². The van der Waals surface area contributed by atoms with Gasteiger partial charge < -0.3 is 4.42 Å². The van der Waals surface area contributed by atoms with Crippen LogP contribution in [0, 0.1) is 0 Å². The minimum atomic E-state index is 0.652. The molecule has 0 amide bonds. The van der Waals surface area contributed by atoms with E-state index >= 15 is 0 Å². The van der Waals surface area contributed by atoms with Crippen LogP contribution in [-0.2, 0) is 0 Å². The topological polar surface area (TPSA) is 64.7 Å². The van der Waals surface area contributed by atoms with E-state index in [4.69, 9.17) is 24.4 Å². The average Bonchev–Trinajstić information content (AvgIpc) is 3.62. The van der Waals surface area contributed by atoms with Crippen molar-refractivity contribution >= 4 is 33.1 Å². The number of para-hydroxylation sites is 3. The number of fused-ring (bicyclic) bond motifs is 4. The van der Waals surface area contributed by atoms with Gasteiger partial charge in [-0.05, 0) is 64.7 Å². The van der Waals surface area contributed by atoms with Gasteiger partial charge in [-0.25, -0.2) is 19.9 Å². The number of nitrogens with zero attached hydrogens (tertiary/aromatic N) is 4. The lowest BCUT2D eigenvalue weighted by Gasteiger charge is -2.12. The van der Waals surface area contributed by atoms with Gasteiger partial charge in [0, 0.05) is 27.6 Å². The lowest BCUT2D eigenvalue weighted by Crippen LogP contribution is -1.95. The lowest BCUT2D eigenvalue weighted by atomic mass is 9.95. The van der Waals surface area contributed by atoms with Gasteiger partial charge in [0.25, 0.3) is 0 Å². The molecule has 0 aliphatic rings. The molecular weight excluding hydrogens is 649 g/mol. The first-order valence-corrected chi connectivity index (χ1v) is 17.6.